The molecular formula is C14H22N2O2S2. The molecule has 1 aromatic carbocycles. The van der Waals surface area contributed by atoms with Gasteiger partial charge in [0.05, 0.1) is 9.88 Å². The Morgan fingerprint density at radius 1 is 1.25 bits per heavy atom. The van der Waals surface area contributed by atoms with Crippen LogP contribution in [0, 0.1) is 5.92 Å². The zero-order valence-corrected chi connectivity index (χ0v) is 13.6. The first-order valence-electron chi connectivity index (χ1n) is 6.76. The van der Waals surface area contributed by atoms with Gasteiger partial charge in [0.25, 0.3) is 0 Å². The van der Waals surface area contributed by atoms with Crippen molar-refractivity contribution in [3.8, 4) is 0 Å². The van der Waals surface area contributed by atoms with Crippen molar-refractivity contribution in [3.05, 3.63) is 29.8 Å². The fraction of sp³-hybridized carbons (Fsp3) is 0.500. The second-order valence-corrected chi connectivity index (χ2v) is 7.11. The van der Waals surface area contributed by atoms with Crippen LogP contribution in [0.2, 0.25) is 0 Å². The van der Waals surface area contributed by atoms with Gasteiger partial charge in [0.15, 0.2) is 0 Å². The molecule has 0 aliphatic heterocycles. The van der Waals surface area contributed by atoms with E-state index in [-0.39, 0.29) is 4.90 Å². The van der Waals surface area contributed by atoms with Gasteiger partial charge in [0.1, 0.15) is 0 Å². The lowest BCUT2D eigenvalue weighted by Gasteiger charge is -2.13. The van der Waals surface area contributed by atoms with Gasteiger partial charge in [0.2, 0.25) is 10.0 Å². The Morgan fingerprint density at radius 2 is 1.80 bits per heavy atom. The summed E-state index contributed by atoms with van der Waals surface area (Å²) in [6, 6.07) is 6.65. The zero-order chi connectivity index (χ0) is 15.2. The van der Waals surface area contributed by atoms with Crippen LogP contribution in [0.15, 0.2) is 29.2 Å². The summed E-state index contributed by atoms with van der Waals surface area (Å²) in [7, 11) is -3.43. The second-order valence-electron chi connectivity index (χ2n) is 4.82. The maximum atomic E-state index is 12.1. The Balaban J connectivity index is 2.75. The molecule has 0 atom stereocenters. The number of hydrogen-bond acceptors (Lipinski definition) is 3. The third kappa shape index (κ3) is 5.19. The standard InChI is InChI=1S/C14H22N2O2S2/c1-3-11(4-2)10-16-20(17,18)13-7-5-12(6-8-13)9-14(15)19/h5-8,11,16H,3-4,9-10H2,1-2H3,(H2,15,19). The van der Waals surface area contributed by atoms with Crippen LogP contribution in [-0.4, -0.2) is 20.0 Å². The Morgan fingerprint density at radius 3 is 2.25 bits per heavy atom. The smallest absolute Gasteiger partial charge is 0.240 e. The van der Waals surface area contributed by atoms with E-state index in [0.717, 1.165) is 18.4 Å². The third-order valence-electron chi connectivity index (χ3n) is 3.33. The summed E-state index contributed by atoms with van der Waals surface area (Å²) in [5.41, 5.74) is 6.37. The fourth-order valence-corrected chi connectivity index (χ4v) is 3.16. The van der Waals surface area contributed by atoms with Crippen LogP contribution < -0.4 is 10.5 Å². The molecule has 3 N–H and O–H groups in total. The Bertz CT molecular complexity index is 535. The summed E-state index contributed by atoms with van der Waals surface area (Å²) in [6.07, 6.45) is 2.41. The van der Waals surface area contributed by atoms with Crippen molar-refractivity contribution >= 4 is 27.2 Å². The lowest BCUT2D eigenvalue weighted by molar-refractivity contribution is 0.479. The van der Waals surface area contributed by atoms with Crippen molar-refractivity contribution in [2.75, 3.05) is 6.54 Å². The highest BCUT2D eigenvalue weighted by atomic mass is 32.2. The van der Waals surface area contributed by atoms with Gasteiger partial charge in [0, 0.05) is 13.0 Å². The molecule has 0 radical (unpaired) electrons. The molecule has 1 aromatic rings. The van der Waals surface area contributed by atoms with Crippen LogP contribution in [0.5, 0.6) is 0 Å². The lowest BCUT2D eigenvalue weighted by atomic mass is 10.0. The third-order valence-corrected chi connectivity index (χ3v) is 4.91. The average Bonchev–Trinajstić information content (AvgIpc) is 2.39. The highest BCUT2D eigenvalue weighted by molar-refractivity contribution is 7.89. The number of sulfonamides is 1. The molecule has 0 aromatic heterocycles. The summed E-state index contributed by atoms with van der Waals surface area (Å²) in [6.45, 7) is 4.60. The molecule has 6 heteroatoms. The van der Waals surface area contributed by atoms with E-state index in [0.29, 0.717) is 23.9 Å². The average molecular weight is 314 g/mol. The molecule has 4 nitrogen and oxygen atoms in total. The van der Waals surface area contributed by atoms with Crippen molar-refractivity contribution < 1.29 is 8.42 Å². The maximum Gasteiger partial charge on any atom is 0.240 e. The van der Waals surface area contributed by atoms with E-state index in [1.165, 1.54) is 0 Å². The number of hydrogen-bond donors (Lipinski definition) is 2. The zero-order valence-electron chi connectivity index (χ0n) is 11.9. The molecular weight excluding hydrogens is 292 g/mol. The van der Waals surface area contributed by atoms with E-state index < -0.39 is 10.0 Å². The summed E-state index contributed by atoms with van der Waals surface area (Å²) in [5, 5.41) is 0. The monoisotopic (exact) mass is 314 g/mol. The molecule has 0 fully saturated rings. The van der Waals surface area contributed by atoms with E-state index in [1.807, 2.05) is 0 Å². The van der Waals surface area contributed by atoms with Gasteiger partial charge in [-0.1, -0.05) is 51.0 Å². The number of nitrogens with one attached hydrogen (secondary N) is 1. The summed E-state index contributed by atoms with van der Waals surface area (Å²) in [4.78, 5) is 0.669. The molecule has 0 aliphatic rings. The molecule has 0 bridgehead atoms. The van der Waals surface area contributed by atoms with Gasteiger partial charge in [-0.25, -0.2) is 13.1 Å². The van der Waals surface area contributed by atoms with Crippen LogP contribution in [-0.2, 0) is 16.4 Å². The van der Waals surface area contributed by atoms with Crippen LogP contribution in [0.3, 0.4) is 0 Å². The van der Waals surface area contributed by atoms with Gasteiger partial charge in [-0.2, -0.15) is 0 Å². The molecule has 20 heavy (non-hydrogen) atoms. The number of nitrogens with two attached hydrogens (primary N) is 1. The maximum absolute atomic E-state index is 12.1. The first kappa shape index (κ1) is 17.1. The van der Waals surface area contributed by atoms with Crippen molar-refractivity contribution in [1.29, 1.82) is 0 Å². The summed E-state index contributed by atoms with van der Waals surface area (Å²) >= 11 is 4.83. The molecule has 0 heterocycles. The van der Waals surface area contributed by atoms with Crippen LogP contribution in [0.4, 0.5) is 0 Å². The first-order chi connectivity index (χ1) is 9.39. The summed E-state index contributed by atoms with van der Waals surface area (Å²) in [5.74, 6) is 0.374. The predicted octanol–water partition coefficient (Wildman–Crippen LogP) is 2.23. The Kier molecular flexibility index (Phi) is 6.58. The van der Waals surface area contributed by atoms with Gasteiger partial charge >= 0.3 is 0 Å². The van der Waals surface area contributed by atoms with E-state index >= 15 is 0 Å². The molecule has 112 valence electrons. The van der Waals surface area contributed by atoms with Crippen LogP contribution in [0.1, 0.15) is 32.3 Å². The van der Waals surface area contributed by atoms with E-state index in [4.69, 9.17) is 18.0 Å². The molecule has 0 aliphatic carbocycles. The van der Waals surface area contributed by atoms with Crippen LogP contribution >= 0.6 is 12.2 Å². The first-order valence-corrected chi connectivity index (χ1v) is 8.65. The van der Waals surface area contributed by atoms with Crippen molar-refractivity contribution in [2.45, 2.75) is 38.0 Å². The van der Waals surface area contributed by atoms with Crippen LogP contribution in [0.25, 0.3) is 0 Å². The molecule has 0 amide bonds. The minimum Gasteiger partial charge on any atom is -0.393 e. The fourth-order valence-electron chi connectivity index (χ4n) is 1.88. The SMILES string of the molecule is CCC(CC)CNS(=O)(=O)c1ccc(CC(N)=S)cc1. The van der Waals surface area contributed by atoms with Crippen molar-refractivity contribution in [2.24, 2.45) is 11.7 Å². The van der Waals surface area contributed by atoms with Crippen molar-refractivity contribution in [1.82, 2.24) is 4.72 Å². The number of benzene rings is 1. The largest absolute Gasteiger partial charge is 0.393 e. The van der Waals surface area contributed by atoms with Gasteiger partial charge in [-0.15, -0.1) is 0 Å². The van der Waals surface area contributed by atoms with Gasteiger partial charge in [-0.05, 0) is 23.6 Å². The highest BCUT2D eigenvalue weighted by Crippen LogP contribution is 2.13. The predicted molar refractivity (Wildman–Crippen MR) is 86.2 cm³/mol. The van der Waals surface area contributed by atoms with E-state index in [2.05, 4.69) is 18.6 Å². The molecule has 0 saturated heterocycles. The topological polar surface area (TPSA) is 72.2 Å². The molecule has 1 rings (SSSR count). The summed E-state index contributed by atoms with van der Waals surface area (Å²) < 4.78 is 26.9. The Hall–Kier alpha value is -0.980. The minimum atomic E-state index is -3.43. The number of thiocarbonyl (C=S) groups is 1. The number of rotatable bonds is 8. The minimum absolute atomic E-state index is 0.273. The quantitative estimate of drug-likeness (QED) is 0.722. The highest BCUT2D eigenvalue weighted by Gasteiger charge is 2.15. The molecule has 0 unspecified atom stereocenters. The molecule has 0 saturated carbocycles. The van der Waals surface area contributed by atoms with Gasteiger partial charge < -0.3 is 5.73 Å². The van der Waals surface area contributed by atoms with E-state index in [1.54, 1.807) is 24.3 Å². The van der Waals surface area contributed by atoms with Crippen molar-refractivity contribution in [3.63, 3.8) is 0 Å². The molecule has 0 spiro atoms. The van der Waals surface area contributed by atoms with Gasteiger partial charge in [-0.3, -0.25) is 0 Å². The lowest BCUT2D eigenvalue weighted by Crippen LogP contribution is -2.29. The second kappa shape index (κ2) is 7.71. The Labute approximate surface area is 126 Å². The van der Waals surface area contributed by atoms with E-state index in [9.17, 15) is 8.42 Å². The normalized spacial score (nSPS) is 11.8.